The van der Waals surface area contributed by atoms with Gasteiger partial charge >= 0.3 is 0 Å². The first-order valence-electron chi connectivity index (χ1n) is 13.5. The molecule has 0 radical (unpaired) electrons. The maximum Gasteiger partial charge on any atom is 0.242 e. The quantitative estimate of drug-likeness (QED) is 0.234. The molecule has 11 heteroatoms. The lowest BCUT2D eigenvalue weighted by Crippen LogP contribution is -2.60. The van der Waals surface area contributed by atoms with Gasteiger partial charge in [-0.2, -0.15) is 9.97 Å². The molecule has 0 bridgehead atoms. The summed E-state index contributed by atoms with van der Waals surface area (Å²) in [5.74, 6) is -0.619. The van der Waals surface area contributed by atoms with Crippen LogP contribution in [0.25, 0.3) is 44.3 Å². The van der Waals surface area contributed by atoms with Gasteiger partial charge in [0.25, 0.3) is 0 Å². The predicted molar refractivity (Wildman–Crippen MR) is 150 cm³/mol. The van der Waals surface area contributed by atoms with Crippen molar-refractivity contribution in [2.24, 2.45) is 0 Å². The zero-order valence-electron chi connectivity index (χ0n) is 22.1. The standard InChI is InChI=1S/C31H26N4O7/c36-15-22-24(37)25(38)26(39)27(40-22)23(30-32-28(34-41-30)20-11-9-16-5-1-3-7-18(16)13-20)31-33-29(35-42-31)21-12-10-17-6-2-4-8-19(17)14-21/h1-14,22-27,36-39H,15H2/t22-,24-,25+,26-,27+/m1/s1. The molecule has 42 heavy (non-hydrogen) atoms. The van der Waals surface area contributed by atoms with Crippen LogP contribution in [0.3, 0.4) is 0 Å². The van der Waals surface area contributed by atoms with Crippen LogP contribution in [0.2, 0.25) is 0 Å². The summed E-state index contributed by atoms with van der Waals surface area (Å²) < 4.78 is 17.2. The van der Waals surface area contributed by atoms with Crippen molar-refractivity contribution >= 4 is 21.5 Å². The molecule has 1 aliphatic heterocycles. The average molecular weight is 567 g/mol. The molecule has 11 nitrogen and oxygen atoms in total. The third-order valence-electron chi connectivity index (χ3n) is 7.69. The highest BCUT2D eigenvalue weighted by Crippen LogP contribution is 2.37. The number of rotatable bonds is 6. The monoisotopic (exact) mass is 566 g/mol. The molecule has 3 heterocycles. The van der Waals surface area contributed by atoms with E-state index in [0.29, 0.717) is 11.1 Å². The second-order valence-corrected chi connectivity index (χ2v) is 10.3. The van der Waals surface area contributed by atoms with Crippen LogP contribution in [0.5, 0.6) is 0 Å². The van der Waals surface area contributed by atoms with Crippen molar-refractivity contribution in [2.45, 2.75) is 36.4 Å². The maximum absolute atomic E-state index is 11.0. The molecule has 0 unspecified atom stereocenters. The number of aliphatic hydroxyl groups excluding tert-OH is 4. The summed E-state index contributed by atoms with van der Waals surface area (Å²) >= 11 is 0. The molecule has 0 amide bonds. The topological polar surface area (TPSA) is 168 Å². The number of fused-ring (bicyclic) bond motifs is 2. The fraction of sp³-hybridized carbons (Fsp3) is 0.226. The highest BCUT2D eigenvalue weighted by atomic mass is 16.5. The molecular formula is C31H26N4O7. The summed E-state index contributed by atoms with van der Waals surface area (Å²) in [6.07, 6.45) is -7.24. The van der Waals surface area contributed by atoms with Crippen molar-refractivity contribution in [3.05, 3.63) is 96.7 Å². The zero-order chi connectivity index (χ0) is 28.8. The minimum absolute atomic E-state index is 0.0174. The molecule has 4 aromatic carbocycles. The molecule has 7 rings (SSSR count). The zero-order valence-corrected chi connectivity index (χ0v) is 22.1. The van der Waals surface area contributed by atoms with Gasteiger partial charge in [0.05, 0.1) is 6.61 Å². The lowest BCUT2D eigenvalue weighted by atomic mass is 9.87. The van der Waals surface area contributed by atoms with Crippen LogP contribution in [-0.4, -0.2) is 77.8 Å². The Balaban J connectivity index is 1.30. The van der Waals surface area contributed by atoms with Gasteiger partial charge in [0, 0.05) is 11.1 Å². The van der Waals surface area contributed by atoms with E-state index >= 15 is 0 Å². The second kappa shape index (κ2) is 10.7. The summed E-state index contributed by atoms with van der Waals surface area (Å²) in [4.78, 5) is 9.18. The van der Waals surface area contributed by atoms with E-state index in [0.717, 1.165) is 21.5 Å². The molecule has 0 spiro atoms. The Morgan fingerprint density at radius 2 is 1.12 bits per heavy atom. The first kappa shape index (κ1) is 26.4. The van der Waals surface area contributed by atoms with Crippen LogP contribution in [0.1, 0.15) is 17.7 Å². The van der Waals surface area contributed by atoms with E-state index in [-0.39, 0.29) is 23.4 Å². The smallest absolute Gasteiger partial charge is 0.242 e. The average Bonchev–Trinajstić information content (AvgIpc) is 3.72. The van der Waals surface area contributed by atoms with E-state index in [9.17, 15) is 20.4 Å². The molecule has 0 saturated carbocycles. The Hall–Kier alpha value is -4.52. The lowest BCUT2D eigenvalue weighted by molar-refractivity contribution is -0.234. The van der Waals surface area contributed by atoms with Gasteiger partial charge in [-0.15, -0.1) is 0 Å². The molecule has 6 aromatic rings. The fourth-order valence-electron chi connectivity index (χ4n) is 5.41. The summed E-state index contributed by atoms with van der Waals surface area (Å²) in [5.41, 5.74) is 1.39. The van der Waals surface area contributed by atoms with E-state index in [2.05, 4.69) is 20.3 Å². The Labute approximate surface area is 238 Å². The normalized spacial score (nSPS) is 22.7. The third kappa shape index (κ3) is 4.63. The number of aliphatic hydroxyl groups is 4. The number of nitrogens with zero attached hydrogens (tertiary/aromatic N) is 4. The summed E-state index contributed by atoms with van der Waals surface area (Å²) in [6.45, 7) is -0.605. The van der Waals surface area contributed by atoms with E-state index in [4.69, 9.17) is 13.8 Å². The van der Waals surface area contributed by atoms with Crippen LogP contribution < -0.4 is 0 Å². The summed E-state index contributed by atoms with van der Waals surface area (Å²) in [6, 6.07) is 27.2. The molecule has 5 atom stereocenters. The number of hydrogen-bond donors (Lipinski definition) is 4. The molecule has 2 aromatic heterocycles. The Morgan fingerprint density at radius 1 is 0.619 bits per heavy atom. The number of benzene rings is 4. The lowest BCUT2D eigenvalue weighted by Gasteiger charge is -2.41. The van der Waals surface area contributed by atoms with Crippen LogP contribution in [-0.2, 0) is 4.74 Å². The SMILES string of the molecule is OC[C@H]1O[C@@H](C(c2nc(-c3ccc4ccccc4c3)no2)c2nc(-c3ccc4ccccc4c3)no2)[C@H](O)[C@@H](O)[C@@H]1O. The van der Waals surface area contributed by atoms with Gasteiger partial charge in [0.15, 0.2) is 0 Å². The first-order valence-corrected chi connectivity index (χ1v) is 13.5. The van der Waals surface area contributed by atoms with Gasteiger partial charge in [-0.1, -0.05) is 83.1 Å². The van der Waals surface area contributed by atoms with E-state index in [1.165, 1.54) is 0 Å². The molecule has 1 fully saturated rings. The van der Waals surface area contributed by atoms with Crippen molar-refractivity contribution in [3.63, 3.8) is 0 Å². The fourth-order valence-corrected chi connectivity index (χ4v) is 5.41. The second-order valence-electron chi connectivity index (χ2n) is 10.3. The first-order chi connectivity index (χ1) is 20.5. The molecule has 212 valence electrons. The predicted octanol–water partition coefficient (Wildman–Crippen LogP) is 3.07. The van der Waals surface area contributed by atoms with Crippen molar-refractivity contribution in [3.8, 4) is 22.8 Å². The minimum atomic E-state index is -1.63. The van der Waals surface area contributed by atoms with Crippen LogP contribution in [0.4, 0.5) is 0 Å². The molecule has 4 N–H and O–H groups in total. The number of aromatic nitrogens is 4. The highest BCUT2D eigenvalue weighted by Gasteiger charge is 2.50. The van der Waals surface area contributed by atoms with Crippen LogP contribution in [0, 0.1) is 0 Å². The third-order valence-corrected chi connectivity index (χ3v) is 7.69. The Morgan fingerprint density at radius 3 is 1.62 bits per heavy atom. The minimum Gasteiger partial charge on any atom is -0.394 e. The van der Waals surface area contributed by atoms with E-state index < -0.39 is 43.0 Å². The van der Waals surface area contributed by atoms with Gasteiger partial charge in [-0.25, -0.2) is 0 Å². The van der Waals surface area contributed by atoms with Crippen molar-refractivity contribution in [2.75, 3.05) is 6.61 Å². The van der Waals surface area contributed by atoms with Gasteiger partial charge in [-0.3, -0.25) is 0 Å². The van der Waals surface area contributed by atoms with Crippen molar-refractivity contribution in [1.29, 1.82) is 0 Å². The largest absolute Gasteiger partial charge is 0.394 e. The van der Waals surface area contributed by atoms with Gasteiger partial charge in [-0.05, 0) is 33.7 Å². The molecule has 1 aliphatic rings. The maximum atomic E-state index is 11.0. The van der Waals surface area contributed by atoms with Crippen molar-refractivity contribution in [1.82, 2.24) is 20.3 Å². The van der Waals surface area contributed by atoms with Gasteiger partial charge in [0.1, 0.15) is 36.4 Å². The molecular weight excluding hydrogens is 540 g/mol. The number of ether oxygens (including phenoxy) is 1. The Kier molecular flexibility index (Phi) is 6.73. The number of hydrogen-bond acceptors (Lipinski definition) is 11. The molecule has 0 aliphatic carbocycles. The summed E-state index contributed by atoms with van der Waals surface area (Å²) in [5, 5.41) is 54.1. The van der Waals surface area contributed by atoms with Gasteiger partial charge in [0.2, 0.25) is 23.4 Å². The van der Waals surface area contributed by atoms with Gasteiger partial charge < -0.3 is 34.2 Å². The van der Waals surface area contributed by atoms with Crippen LogP contribution >= 0.6 is 0 Å². The summed E-state index contributed by atoms with van der Waals surface area (Å²) in [7, 11) is 0. The van der Waals surface area contributed by atoms with E-state index in [1.807, 2.05) is 84.9 Å². The van der Waals surface area contributed by atoms with E-state index in [1.54, 1.807) is 0 Å². The van der Waals surface area contributed by atoms with Crippen molar-refractivity contribution < 1.29 is 34.2 Å². The highest BCUT2D eigenvalue weighted by molar-refractivity contribution is 5.87. The van der Waals surface area contributed by atoms with Crippen LogP contribution in [0.15, 0.2) is 94.0 Å². The Bertz CT molecular complexity index is 1750. The molecule has 1 saturated heterocycles.